The summed E-state index contributed by atoms with van der Waals surface area (Å²) in [5, 5.41) is 3.26. The first-order chi connectivity index (χ1) is 9.84. The van der Waals surface area contributed by atoms with Gasteiger partial charge in [-0.15, -0.1) is 0 Å². The monoisotopic (exact) mass is 286 g/mol. The quantitative estimate of drug-likeness (QED) is 0.910. The number of pyridine rings is 1. The van der Waals surface area contributed by atoms with Gasteiger partial charge in [0.2, 0.25) is 0 Å². The molecule has 1 unspecified atom stereocenters. The minimum atomic E-state index is 0.119. The van der Waals surface area contributed by atoms with Gasteiger partial charge < -0.3 is 5.73 Å². The van der Waals surface area contributed by atoms with E-state index < -0.39 is 0 Å². The van der Waals surface area contributed by atoms with E-state index in [-0.39, 0.29) is 6.04 Å². The maximum Gasteiger partial charge on any atom is 0.0393 e. The molecule has 2 nitrogen and oxygen atoms in total. The Hall–Kier alpha value is -1.06. The van der Waals surface area contributed by atoms with Crippen molar-refractivity contribution in [3.8, 4) is 0 Å². The van der Waals surface area contributed by atoms with Gasteiger partial charge in [0.05, 0.1) is 0 Å². The number of thioether (sulfide) groups is 1. The van der Waals surface area contributed by atoms with Crippen LogP contribution >= 0.6 is 11.8 Å². The number of nitrogens with two attached hydrogens (primary N) is 1. The maximum atomic E-state index is 6.44. The van der Waals surface area contributed by atoms with Gasteiger partial charge in [-0.2, -0.15) is 11.8 Å². The number of fused-ring (bicyclic) bond motifs is 1. The van der Waals surface area contributed by atoms with Crippen LogP contribution in [0.5, 0.6) is 0 Å². The van der Waals surface area contributed by atoms with Crippen LogP contribution in [0.1, 0.15) is 43.7 Å². The van der Waals surface area contributed by atoms with Gasteiger partial charge in [-0.25, -0.2) is 0 Å². The molecule has 1 aliphatic carbocycles. The van der Waals surface area contributed by atoms with E-state index in [0.717, 1.165) is 11.0 Å². The van der Waals surface area contributed by atoms with Crippen molar-refractivity contribution < 1.29 is 0 Å². The number of hydrogen-bond donors (Lipinski definition) is 1. The van der Waals surface area contributed by atoms with Crippen molar-refractivity contribution in [2.24, 2.45) is 5.73 Å². The van der Waals surface area contributed by atoms with Crippen LogP contribution < -0.4 is 5.73 Å². The van der Waals surface area contributed by atoms with Crippen molar-refractivity contribution >= 4 is 22.5 Å². The van der Waals surface area contributed by atoms with Gasteiger partial charge in [0, 0.05) is 34.8 Å². The van der Waals surface area contributed by atoms with Gasteiger partial charge in [-0.3, -0.25) is 4.98 Å². The first kappa shape index (κ1) is 13.9. The Morgan fingerprint density at radius 1 is 1.20 bits per heavy atom. The molecule has 106 valence electrons. The van der Waals surface area contributed by atoms with Crippen LogP contribution in [-0.2, 0) is 0 Å². The second-order valence-corrected chi connectivity index (χ2v) is 6.98. The summed E-state index contributed by atoms with van der Waals surface area (Å²) in [5.74, 6) is 1.02. The summed E-state index contributed by atoms with van der Waals surface area (Å²) in [4.78, 5) is 4.19. The largest absolute Gasteiger partial charge is 0.323 e. The van der Waals surface area contributed by atoms with Crippen LogP contribution in [0.3, 0.4) is 0 Å². The summed E-state index contributed by atoms with van der Waals surface area (Å²) in [6.45, 7) is 0. The molecule has 2 N–H and O–H groups in total. The zero-order valence-electron chi connectivity index (χ0n) is 11.8. The number of rotatable bonds is 4. The molecule has 0 saturated heterocycles. The molecule has 2 aromatic rings. The van der Waals surface area contributed by atoms with Crippen molar-refractivity contribution in [1.82, 2.24) is 4.98 Å². The number of nitrogens with zero attached hydrogens (tertiary/aromatic N) is 1. The molecule has 1 heterocycles. The van der Waals surface area contributed by atoms with Crippen LogP contribution in [0.4, 0.5) is 0 Å². The Balaban J connectivity index is 1.70. The van der Waals surface area contributed by atoms with E-state index in [0.29, 0.717) is 0 Å². The predicted molar refractivity (Wildman–Crippen MR) is 88.0 cm³/mol. The molecule has 20 heavy (non-hydrogen) atoms. The Labute approximate surface area is 125 Å². The van der Waals surface area contributed by atoms with Crippen LogP contribution in [-0.4, -0.2) is 16.0 Å². The number of hydrogen-bond acceptors (Lipinski definition) is 3. The summed E-state index contributed by atoms with van der Waals surface area (Å²) in [6, 6.07) is 8.55. The van der Waals surface area contributed by atoms with E-state index >= 15 is 0 Å². The van der Waals surface area contributed by atoms with Gasteiger partial charge in [0.15, 0.2) is 0 Å². The van der Waals surface area contributed by atoms with E-state index in [9.17, 15) is 0 Å². The minimum Gasteiger partial charge on any atom is -0.323 e. The number of benzene rings is 1. The Kier molecular flexibility index (Phi) is 4.58. The maximum absolute atomic E-state index is 6.44. The van der Waals surface area contributed by atoms with Crippen molar-refractivity contribution in [1.29, 1.82) is 0 Å². The topological polar surface area (TPSA) is 38.9 Å². The molecule has 3 rings (SSSR count). The fraction of sp³-hybridized carbons (Fsp3) is 0.471. The van der Waals surface area contributed by atoms with E-state index in [1.165, 1.54) is 48.4 Å². The third kappa shape index (κ3) is 3.15. The van der Waals surface area contributed by atoms with Gasteiger partial charge in [-0.1, -0.05) is 37.5 Å². The highest BCUT2D eigenvalue weighted by molar-refractivity contribution is 7.99. The summed E-state index contributed by atoms with van der Waals surface area (Å²) < 4.78 is 0. The van der Waals surface area contributed by atoms with E-state index in [4.69, 9.17) is 5.73 Å². The molecule has 0 aliphatic heterocycles. The molecule has 1 fully saturated rings. The van der Waals surface area contributed by atoms with Crippen molar-refractivity contribution in [2.75, 3.05) is 5.75 Å². The summed E-state index contributed by atoms with van der Waals surface area (Å²) in [6.07, 6.45) is 10.7. The van der Waals surface area contributed by atoms with Gasteiger partial charge in [0.25, 0.3) is 0 Å². The van der Waals surface area contributed by atoms with E-state index in [1.54, 1.807) is 0 Å². The van der Waals surface area contributed by atoms with Crippen LogP contribution in [0.15, 0.2) is 36.7 Å². The average Bonchev–Trinajstić information content (AvgIpc) is 2.53. The van der Waals surface area contributed by atoms with Crippen LogP contribution in [0.2, 0.25) is 0 Å². The van der Waals surface area contributed by atoms with Gasteiger partial charge in [-0.05, 0) is 29.9 Å². The normalized spacial score (nSPS) is 18.2. The van der Waals surface area contributed by atoms with Crippen molar-refractivity contribution in [3.63, 3.8) is 0 Å². The van der Waals surface area contributed by atoms with Crippen LogP contribution in [0.25, 0.3) is 10.8 Å². The minimum absolute atomic E-state index is 0.119. The van der Waals surface area contributed by atoms with E-state index in [1.807, 2.05) is 12.4 Å². The highest BCUT2D eigenvalue weighted by Crippen LogP contribution is 2.31. The predicted octanol–water partition coefficient (Wildman–Crippen LogP) is 4.30. The summed E-state index contributed by atoms with van der Waals surface area (Å²) in [5.41, 5.74) is 7.69. The Morgan fingerprint density at radius 2 is 2.05 bits per heavy atom. The smallest absolute Gasteiger partial charge is 0.0393 e. The molecule has 0 bridgehead atoms. The second-order valence-electron chi connectivity index (χ2n) is 5.64. The van der Waals surface area contributed by atoms with Gasteiger partial charge in [0.1, 0.15) is 0 Å². The molecule has 1 aromatic heterocycles. The summed E-state index contributed by atoms with van der Waals surface area (Å²) in [7, 11) is 0. The molecule has 1 aliphatic rings. The Morgan fingerprint density at radius 3 is 2.90 bits per heavy atom. The van der Waals surface area contributed by atoms with Crippen molar-refractivity contribution in [2.45, 2.75) is 43.4 Å². The lowest BCUT2D eigenvalue weighted by molar-refractivity contribution is 0.515. The first-order valence-electron chi connectivity index (χ1n) is 7.54. The molecular formula is C17H22N2S. The molecule has 1 aromatic carbocycles. The molecule has 3 heteroatoms. The standard InChI is InChI=1S/C17H22N2S/c18-17(12-20-14-6-2-1-3-7-14)16-8-4-5-13-11-19-10-9-15(13)16/h4-5,8-11,14,17H,1-3,6-7,12,18H2. The lowest BCUT2D eigenvalue weighted by atomic mass is 10.0. The number of aromatic nitrogens is 1. The zero-order valence-corrected chi connectivity index (χ0v) is 12.6. The third-order valence-electron chi connectivity index (χ3n) is 4.18. The fourth-order valence-electron chi connectivity index (χ4n) is 3.03. The molecule has 0 spiro atoms. The molecule has 1 atom stereocenters. The lowest BCUT2D eigenvalue weighted by Crippen LogP contribution is -2.17. The molecular weight excluding hydrogens is 264 g/mol. The molecule has 1 saturated carbocycles. The van der Waals surface area contributed by atoms with Gasteiger partial charge >= 0.3 is 0 Å². The van der Waals surface area contributed by atoms with E-state index in [2.05, 4.69) is 41.0 Å². The highest BCUT2D eigenvalue weighted by atomic mass is 32.2. The van der Waals surface area contributed by atoms with Crippen LogP contribution in [0, 0.1) is 0 Å². The fourth-order valence-corrected chi connectivity index (χ4v) is 4.36. The van der Waals surface area contributed by atoms with Crippen molar-refractivity contribution in [3.05, 3.63) is 42.2 Å². The summed E-state index contributed by atoms with van der Waals surface area (Å²) >= 11 is 2.07. The zero-order chi connectivity index (χ0) is 13.8. The Bertz CT molecular complexity index is 558. The SMILES string of the molecule is NC(CSC1CCCCC1)c1cccc2cnccc12. The lowest BCUT2D eigenvalue weighted by Gasteiger charge is -2.23. The average molecular weight is 286 g/mol. The highest BCUT2D eigenvalue weighted by Gasteiger charge is 2.16. The second kappa shape index (κ2) is 6.59. The molecule has 0 amide bonds. The first-order valence-corrected chi connectivity index (χ1v) is 8.59. The molecule has 0 radical (unpaired) electrons. The third-order valence-corrected chi connectivity index (χ3v) is 5.67.